The van der Waals surface area contributed by atoms with E-state index in [0.717, 1.165) is 11.8 Å². The zero-order valence-electron chi connectivity index (χ0n) is 18.6. The summed E-state index contributed by atoms with van der Waals surface area (Å²) in [6.45, 7) is 0. The van der Waals surface area contributed by atoms with E-state index in [4.69, 9.17) is 28.1 Å². The first-order chi connectivity index (χ1) is 15.9. The molecule has 11 heteroatoms. The first-order valence-corrected chi connectivity index (χ1v) is 10.2. The molecule has 0 bridgehead atoms. The Morgan fingerprint density at radius 3 is 2.12 bits per heavy atom. The Morgan fingerprint density at radius 2 is 1.58 bits per heavy atom. The van der Waals surface area contributed by atoms with Crippen LogP contribution in [0.4, 0.5) is 0 Å². The van der Waals surface area contributed by atoms with Gasteiger partial charge in [0, 0.05) is 17.2 Å². The zero-order chi connectivity index (χ0) is 24.0. The van der Waals surface area contributed by atoms with Crippen molar-refractivity contribution in [3.8, 4) is 40.2 Å². The Morgan fingerprint density at radius 1 is 0.909 bits per heavy atom. The van der Waals surface area contributed by atoms with Crippen molar-refractivity contribution < 1.29 is 38.0 Å². The van der Waals surface area contributed by atoms with Crippen LogP contribution in [0.5, 0.6) is 28.7 Å². The predicted octanol–water partition coefficient (Wildman–Crippen LogP) is 4.00. The van der Waals surface area contributed by atoms with Gasteiger partial charge in [-0.15, -0.1) is 10.2 Å². The third-order valence-electron chi connectivity index (χ3n) is 4.43. The number of hydrogen-bond donors (Lipinski definition) is 1. The van der Waals surface area contributed by atoms with Crippen LogP contribution in [0.25, 0.3) is 17.5 Å². The van der Waals surface area contributed by atoms with E-state index in [1.807, 2.05) is 0 Å². The summed E-state index contributed by atoms with van der Waals surface area (Å²) in [5, 5.41) is 17.7. The van der Waals surface area contributed by atoms with Crippen molar-refractivity contribution in [2.24, 2.45) is 0 Å². The molecule has 3 aromatic rings. The molecule has 174 valence electrons. The molecule has 10 nitrogen and oxygen atoms in total. The van der Waals surface area contributed by atoms with Crippen LogP contribution >= 0.6 is 11.8 Å². The fourth-order valence-electron chi connectivity index (χ4n) is 2.91. The highest BCUT2D eigenvalue weighted by Crippen LogP contribution is 2.42. The summed E-state index contributed by atoms with van der Waals surface area (Å²) >= 11 is 0.801. The highest BCUT2D eigenvalue weighted by molar-refractivity contribution is 8.03. The van der Waals surface area contributed by atoms with Crippen LogP contribution in [0, 0.1) is 0 Å². The molecule has 0 aliphatic rings. The standard InChI is InChI=1S/C22H22N2O8S/c1-27-14-8-13(9-15(11-14)28-2)20-23-24-22(32-20)33-17(21(25)26)10-12-6-7-16(29-3)19(31-5)18(12)30-4/h6-11H,1-5H3,(H,25,26)/b17-10-. The van der Waals surface area contributed by atoms with Crippen LogP contribution in [0.15, 0.2) is 44.9 Å². The number of rotatable bonds is 10. The Bertz CT molecular complexity index is 1150. The predicted molar refractivity (Wildman–Crippen MR) is 120 cm³/mol. The molecule has 0 aliphatic heterocycles. The molecular formula is C22H22N2O8S. The van der Waals surface area contributed by atoms with Gasteiger partial charge in [0.1, 0.15) is 16.4 Å². The second-order valence-corrected chi connectivity index (χ2v) is 7.31. The molecular weight excluding hydrogens is 452 g/mol. The molecule has 0 atom stereocenters. The molecule has 0 saturated carbocycles. The van der Waals surface area contributed by atoms with E-state index in [0.29, 0.717) is 39.9 Å². The van der Waals surface area contributed by atoms with Crippen LogP contribution < -0.4 is 23.7 Å². The van der Waals surface area contributed by atoms with Crippen molar-refractivity contribution >= 4 is 23.8 Å². The lowest BCUT2D eigenvalue weighted by atomic mass is 10.1. The lowest BCUT2D eigenvalue weighted by Gasteiger charge is -2.14. The smallest absolute Gasteiger partial charge is 0.342 e. The largest absolute Gasteiger partial charge is 0.497 e. The van der Waals surface area contributed by atoms with Crippen molar-refractivity contribution in [1.29, 1.82) is 0 Å². The maximum absolute atomic E-state index is 11.9. The number of carbonyl (C=O) groups is 1. The SMILES string of the molecule is COc1cc(OC)cc(-c2nnc(S/C(=C\c3ccc(OC)c(OC)c3OC)C(=O)O)o2)c1. The van der Waals surface area contributed by atoms with Gasteiger partial charge < -0.3 is 33.2 Å². The van der Waals surface area contributed by atoms with E-state index in [-0.39, 0.29) is 16.0 Å². The van der Waals surface area contributed by atoms with E-state index in [2.05, 4.69) is 10.2 Å². The molecule has 1 aromatic heterocycles. The third-order valence-corrected chi connectivity index (χ3v) is 5.29. The summed E-state index contributed by atoms with van der Waals surface area (Å²) in [6, 6.07) is 8.42. The minimum absolute atomic E-state index is 0.0416. The zero-order valence-corrected chi connectivity index (χ0v) is 19.4. The first kappa shape index (κ1) is 23.8. The van der Waals surface area contributed by atoms with Crippen LogP contribution in [-0.4, -0.2) is 56.8 Å². The molecule has 2 aromatic carbocycles. The molecule has 1 N–H and O–H groups in total. The van der Waals surface area contributed by atoms with Crippen LogP contribution in [0.1, 0.15) is 5.56 Å². The summed E-state index contributed by atoms with van der Waals surface area (Å²) in [4.78, 5) is 11.9. The molecule has 0 radical (unpaired) electrons. The fourth-order valence-corrected chi connectivity index (χ4v) is 3.57. The lowest BCUT2D eigenvalue weighted by Crippen LogP contribution is -1.99. The van der Waals surface area contributed by atoms with Gasteiger partial charge in [-0.05, 0) is 42.1 Å². The van der Waals surface area contributed by atoms with Gasteiger partial charge in [0.2, 0.25) is 11.6 Å². The number of nitrogens with zero attached hydrogens (tertiary/aromatic N) is 2. The molecule has 0 spiro atoms. The number of aromatic nitrogens is 2. The summed E-state index contributed by atoms with van der Waals surface area (Å²) in [7, 11) is 7.47. The summed E-state index contributed by atoms with van der Waals surface area (Å²) < 4.78 is 32.2. The highest BCUT2D eigenvalue weighted by atomic mass is 32.2. The number of carboxylic acids is 1. The Balaban J connectivity index is 1.95. The van der Waals surface area contributed by atoms with E-state index in [1.54, 1.807) is 30.3 Å². The Hall–Kier alpha value is -3.86. The van der Waals surface area contributed by atoms with Crippen LogP contribution in [0.3, 0.4) is 0 Å². The van der Waals surface area contributed by atoms with Crippen LogP contribution in [-0.2, 0) is 4.79 Å². The second kappa shape index (κ2) is 10.6. The average Bonchev–Trinajstić information content (AvgIpc) is 3.31. The average molecular weight is 474 g/mol. The lowest BCUT2D eigenvalue weighted by molar-refractivity contribution is -0.131. The van der Waals surface area contributed by atoms with Gasteiger partial charge in [0.25, 0.3) is 5.22 Å². The second-order valence-electron chi connectivity index (χ2n) is 6.31. The van der Waals surface area contributed by atoms with E-state index >= 15 is 0 Å². The van der Waals surface area contributed by atoms with Gasteiger partial charge in [0.05, 0.1) is 35.5 Å². The van der Waals surface area contributed by atoms with Gasteiger partial charge in [0.15, 0.2) is 11.5 Å². The third kappa shape index (κ3) is 5.32. The number of thioether (sulfide) groups is 1. The molecule has 3 rings (SSSR count). The van der Waals surface area contributed by atoms with Crippen molar-refractivity contribution in [3.05, 3.63) is 40.8 Å². The topological polar surface area (TPSA) is 122 Å². The molecule has 33 heavy (non-hydrogen) atoms. The molecule has 0 saturated heterocycles. The number of methoxy groups -OCH3 is 5. The summed E-state index contributed by atoms with van der Waals surface area (Å²) in [5.74, 6) is 1.21. The van der Waals surface area contributed by atoms with Crippen molar-refractivity contribution in [2.75, 3.05) is 35.5 Å². The van der Waals surface area contributed by atoms with Gasteiger partial charge >= 0.3 is 5.97 Å². The van der Waals surface area contributed by atoms with E-state index < -0.39 is 5.97 Å². The van der Waals surface area contributed by atoms with Crippen molar-refractivity contribution in [1.82, 2.24) is 10.2 Å². The van der Waals surface area contributed by atoms with Crippen molar-refractivity contribution in [3.63, 3.8) is 0 Å². The minimum atomic E-state index is -1.18. The maximum atomic E-state index is 11.9. The molecule has 1 heterocycles. The molecule has 0 fully saturated rings. The summed E-state index contributed by atoms with van der Waals surface area (Å²) in [5.41, 5.74) is 1.03. The number of aliphatic carboxylic acids is 1. The fraction of sp³-hybridized carbons (Fsp3) is 0.227. The Labute approximate surface area is 194 Å². The Kier molecular flexibility index (Phi) is 7.67. The number of hydrogen-bond acceptors (Lipinski definition) is 10. The van der Waals surface area contributed by atoms with Crippen LogP contribution in [0.2, 0.25) is 0 Å². The number of carboxylic acid groups (broad SMARTS) is 1. The van der Waals surface area contributed by atoms with E-state index in [1.165, 1.54) is 41.6 Å². The van der Waals surface area contributed by atoms with Gasteiger partial charge in [-0.25, -0.2) is 4.79 Å². The van der Waals surface area contributed by atoms with E-state index in [9.17, 15) is 9.90 Å². The molecule has 0 unspecified atom stereocenters. The summed E-state index contributed by atoms with van der Waals surface area (Å²) in [6.07, 6.45) is 1.42. The monoisotopic (exact) mass is 474 g/mol. The molecule has 0 amide bonds. The first-order valence-electron chi connectivity index (χ1n) is 9.42. The number of ether oxygens (including phenoxy) is 5. The van der Waals surface area contributed by atoms with Gasteiger partial charge in [-0.1, -0.05) is 0 Å². The maximum Gasteiger partial charge on any atom is 0.342 e. The van der Waals surface area contributed by atoms with Gasteiger partial charge in [-0.2, -0.15) is 0 Å². The minimum Gasteiger partial charge on any atom is -0.497 e. The van der Waals surface area contributed by atoms with Gasteiger partial charge in [-0.3, -0.25) is 0 Å². The van der Waals surface area contributed by atoms with Crippen molar-refractivity contribution in [2.45, 2.75) is 5.22 Å². The highest BCUT2D eigenvalue weighted by Gasteiger charge is 2.20. The quantitative estimate of drug-likeness (QED) is 0.339. The normalized spacial score (nSPS) is 11.1. The molecule has 0 aliphatic carbocycles. The number of benzene rings is 2.